The number of aliphatic hydroxyl groups excluding tert-OH is 1. The Morgan fingerprint density at radius 3 is 2.78 bits per heavy atom. The van der Waals surface area contributed by atoms with Crippen LogP contribution in [0.3, 0.4) is 0 Å². The van der Waals surface area contributed by atoms with Crippen molar-refractivity contribution in [3.63, 3.8) is 0 Å². The first kappa shape index (κ1) is 35.0. The van der Waals surface area contributed by atoms with Gasteiger partial charge in [-0.25, -0.2) is 4.21 Å². The first-order chi connectivity index (χ1) is 23.5. The third kappa shape index (κ3) is 8.13. The molecule has 2 N–H and O–H groups in total. The summed E-state index contributed by atoms with van der Waals surface area (Å²) in [6.07, 6.45) is 9.54. The van der Waals surface area contributed by atoms with Crippen LogP contribution in [-0.2, 0) is 29.9 Å². The molecular formula is C36H44ClN5O6S. The van der Waals surface area contributed by atoms with Gasteiger partial charge in [0.2, 0.25) is 5.88 Å². The molecule has 3 aliphatic rings. The maximum absolute atomic E-state index is 14.5. The number of methoxy groups -OCH3 is 1. The Hall–Kier alpha value is -3.87. The fourth-order valence-electron chi connectivity index (χ4n) is 6.92. The number of allylic oxidation sites excluding steroid dienone is 1. The van der Waals surface area contributed by atoms with Crippen molar-refractivity contribution < 1.29 is 28.4 Å². The number of amides is 2. The van der Waals surface area contributed by atoms with Crippen LogP contribution in [-0.4, -0.2) is 63.0 Å². The number of aryl methyl sites for hydroxylation is 2. The van der Waals surface area contributed by atoms with Crippen LogP contribution >= 0.6 is 11.6 Å². The van der Waals surface area contributed by atoms with Gasteiger partial charge in [0.05, 0.1) is 31.3 Å². The summed E-state index contributed by atoms with van der Waals surface area (Å²) in [5.41, 5.74) is 3.33. The van der Waals surface area contributed by atoms with Gasteiger partial charge in [0.15, 0.2) is 0 Å². The second kappa shape index (κ2) is 14.9. The molecular weight excluding hydrogens is 666 g/mol. The quantitative estimate of drug-likeness (QED) is 0.329. The third-order valence-corrected chi connectivity index (χ3v) is 11.9. The lowest BCUT2D eigenvalue weighted by Gasteiger charge is -2.42. The zero-order chi connectivity index (χ0) is 34.7. The number of hydrogen-bond acceptors (Lipinski definition) is 8. The lowest BCUT2D eigenvalue weighted by Crippen LogP contribution is -2.43. The maximum Gasteiger partial charge on any atom is 0.286 e. The molecule has 11 nitrogen and oxygen atoms in total. The lowest BCUT2D eigenvalue weighted by molar-refractivity contribution is 0.0460. The van der Waals surface area contributed by atoms with Gasteiger partial charge >= 0.3 is 0 Å². The highest BCUT2D eigenvalue weighted by Crippen LogP contribution is 2.41. The van der Waals surface area contributed by atoms with Crippen molar-refractivity contribution in [3.05, 3.63) is 82.0 Å². The Morgan fingerprint density at radius 1 is 1.16 bits per heavy atom. The Labute approximate surface area is 292 Å². The van der Waals surface area contributed by atoms with Crippen LogP contribution in [0.2, 0.25) is 5.02 Å². The van der Waals surface area contributed by atoms with Crippen LogP contribution in [0.1, 0.15) is 70.9 Å². The molecule has 2 bridgehead atoms. The summed E-state index contributed by atoms with van der Waals surface area (Å²) < 4.78 is 34.2. The van der Waals surface area contributed by atoms with Crippen molar-refractivity contribution in [1.82, 2.24) is 14.5 Å². The summed E-state index contributed by atoms with van der Waals surface area (Å²) in [5.74, 6) is -0.745. The molecule has 2 aromatic carbocycles. The minimum absolute atomic E-state index is 0.0647. The number of fused-ring (bicyclic) bond motifs is 3. The Kier molecular flexibility index (Phi) is 10.7. The van der Waals surface area contributed by atoms with Gasteiger partial charge in [-0.1, -0.05) is 36.7 Å². The average molecular weight is 710 g/mol. The molecule has 0 spiro atoms. The number of anilines is 1. The van der Waals surface area contributed by atoms with Crippen molar-refractivity contribution in [2.24, 2.45) is 29.2 Å². The number of hydrogen-bond donors (Lipinski definition) is 2. The van der Waals surface area contributed by atoms with Crippen molar-refractivity contribution in [3.8, 4) is 11.6 Å². The van der Waals surface area contributed by atoms with Gasteiger partial charge in [-0.3, -0.25) is 19.0 Å². The van der Waals surface area contributed by atoms with Gasteiger partial charge in [-0.2, -0.15) is 0 Å². The molecule has 3 heterocycles. The average Bonchev–Trinajstić information content (AvgIpc) is 3.42. The number of aliphatic hydroxyl groups is 1. The second-order valence-corrected chi connectivity index (χ2v) is 15.8. The van der Waals surface area contributed by atoms with Crippen molar-refractivity contribution >= 4 is 39.0 Å². The van der Waals surface area contributed by atoms with E-state index in [1.165, 1.54) is 23.6 Å². The fourth-order valence-corrected chi connectivity index (χ4v) is 9.00. The number of halogens is 1. The molecule has 262 valence electrons. The van der Waals surface area contributed by atoms with Gasteiger partial charge in [0.1, 0.15) is 21.2 Å². The van der Waals surface area contributed by atoms with E-state index in [2.05, 4.69) is 25.1 Å². The molecule has 3 aromatic rings. The van der Waals surface area contributed by atoms with E-state index in [-0.39, 0.29) is 40.5 Å². The van der Waals surface area contributed by atoms with Gasteiger partial charge in [-0.15, -0.1) is 9.46 Å². The molecule has 2 amide bonds. The van der Waals surface area contributed by atoms with Gasteiger partial charge in [0, 0.05) is 36.9 Å². The highest BCUT2D eigenvalue weighted by Gasteiger charge is 2.37. The number of rotatable bonds is 3. The Balaban J connectivity index is 1.44. The van der Waals surface area contributed by atoms with Crippen LogP contribution < -0.4 is 19.1 Å². The van der Waals surface area contributed by atoms with Crippen LogP contribution in [0.25, 0.3) is 0 Å². The summed E-state index contributed by atoms with van der Waals surface area (Å²) in [7, 11) is -0.599. The maximum atomic E-state index is 14.5. The van der Waals surface area contributed by atoms with Gasteiger partial charge < -0.3 is 19.5 Å². The molecule has 1 aliphatic carbocycles. The molecule has 1 aromatic heterocycles. The van der Waals surface area contributed by atoms with E-state index >= 15 is 0 Å². The molecule has 6 rings (SSSR count). The van der Waals surface area contributed by atoms with Gasteiger partial charge in [0.25, 0.3) is 11.8 Å². The van der Waals surface area contributed by atoms with Crippen molar-refractivity contribution in [2.75, 3.05) is 30.9 Å². The summed E-state index contributed by atoms with van der Waals surface area (Å²) >= 11 is 6.43. The van der Waals surface area contributed by atoms with E-state index in [9.17, 15) is 18.9 Å². The van der Waals surface area contributed by atoms with Crippen molar-refractivity contribution in [2.45, 2.75) is 58.1 Å². The topological polar surface area (TPSA) is 135 Å². The van der Waals surface area contributed by atoms with E-state index < -0.39 is 27.8 Å². The first-order valence-electron chi connectivity index (χ1n) is 16.8. The van der Waals surface area contributed by atoms with Crippen LogP contribution in [0.4, 0.5) is 5.69 Å². The number of nitrogens with one attached hydrogen (secondary N) is 1. The molecule has 0 radical (unpaired) electrons. The summed E-state index contributed by atoms with van der Waals surface area (Å²) in [6.45, 7) is 3.56. The highest BCUT2D eigenvalue weighted by atomic mass is 35.5. The van der Waals surface area contributed by atoms with E-state index in [4.69, 9.17) is 21.1 Å². The van der Waals surface area contributed by atoms with E-state index in [1.54, 1.807) is 25.2 Å². The largest absolute Gasteiger partial charge is 0.491 e. The number of aromatic nitrogens is 2. The number of carbonyl (C=O) groups excluding carboxylic acids is 2. The van der Waals surface area contributed by atoms with E-state index in [1.807, 2.05) is 31.2 Å². The first-order valence-corrected chi connectivity index (χ1v) is 18.9. The molecule has 5 atom stereocenters. The normalized spacial score (nSPS) is 26.8. The minimum atomic E-state index is -3.63. The number of carbonyl (C=O) groups is 2. The minimum Gasteiger partial charge on any atom is -0.491 e. The summed E-state index contributed by atoms with van der Waals surface area (Å²) in [5, 5.41) is 16.1. The number of nitrogens with zero attached hydrogens (tertiary/aromatic N) is 4. The molecule has 0 saturated heterocycles. The van der Waals surface area contributed by atoms with Crippen LogP contribution in [0.5, 0.6) is 11.6 Å². The summed E-state index contributed by atoms with van der Waals surface area (Å²) in [6, 6.07) is 11.1. The predicted molar refractivity (Wildman–Crippen MR) is 190 cm³/mol. The zero-order valence-corrected chi connectivity index (χ0v) is 29.7. The van der Waals surface area contributed by atoms with E-state index in [0.717, 1.165) is 43.4 Å². The Bertz CT molecular complexity index is 1870. The zero-order valence-electron chi connectivity index (χ0n) is 28.1. The van der Waals surface area contributed by atoms with Crippen molar-refractivity contribution in [1.29, 1.82) is 0 Å². The number of benzene rings is 2. The molecule has 1 saturated carbocycles. The standard InChI is InChI=1S/C36H44ClN5O6S/c1-23-7-6-9-32(43)29-14-11-27(29)20-42-19-26-10-13-28(37)17-24(26)8-4-5-16-48-33-15-12-25(18-31(33)42)34(44)39-49(46,22-23)40-35(45)30-21-41(2)38-36(30)47-3/h6,9-10,12-13,15,17-18,21,23,27,29,32,43H,4-5,7-8,11,14,16,19-20,22H2,1-3H3,(H,39,40,44,45,46)/b9-6+/t23-,27-,29+,32-,49?/m0/s1. The molecule has 1 unspecified atom stereocenters. The Morgan fingerprint density at radius 2 is 2.00 bits per heavy atom. The van der Waals surface area contributed by atoms with Gasteiger partial charge in [-0.05, 0) is 97.7 Å². The lowest BCUT2D eigenvalue weighted by atomic mass is 9.70. The number of ether oxygens (including phenoxy) is 2. The van der Waals surface area contributed by atoms with Crippen LogP contribution in [0.15, 0.2) is 59.1 Å². The smallest absolute Gasteiger partial charge is 0.286 e. The second-order valence-electron chi connectivity index (χ2n) is 13.4. The van der Waals surface area contributed by atoms with E-state index in [0.29, 0.717) is 36.9 Å². The monoisotopic (exact) mass is 709 g/mol. The predicted octanol–water partition coefficient (Wildman–Crippen LogP) is 5.74. The highest BCUT2D eigenvalue weighted by molar-refractivity contribution is 7.92. The third-order valence-electron chi connectivity index (χ3n) is 9.64. The molecule has 1 fully saturated rings. The molecule has 49 heavy (non-hydrogen) atoms. The fraction of sp³-hybridized carbons (Fsp3) is 0.472. The molecule has 2 aliphatic heterocycles. The van der Waals surface area contributed by atoms with Crippen LogP contribution in [0, 0.1) is 17.8 Å². The SMILES string of the molecule is COc1nn(C)cc1C(=O)NS1(=O)=NC(=O)c2ccc3c(c2)N(Cc2ccc(Cl)cc2CCCCO3)C[C@@H]2CC[C@H]2[C@@H](O)/C=C/C[C@H](C)C1. The summed E-state index contributed by atoms with van der Waals surface area (Å²) in [4.78, 5) is 29.6. The molecule has 13 heteroatoms.